The van der Waals surface area contributed by atoms with E-state index >= 15 is 0 Å². The second-order valence-corrected chi connectivity index (χ2v) is 4.84. The Bertz CT molecular complexity index is 505. The molecule has 0 aliphatic heterocycles. The van der Waals surface area contributed by atoms with Crippen molar-refractivity contribution in [2.24, 2.45) is 0 Å². The van der Waals surface area contributed by atoms with Crippen LogP contribution in [0.3, 0.4) is 0 Å². The zero-order chi connectivity index (χ0) is 13.7. The first-order valence-corrected chi connectivity index (χ1v) is 6.79. The fraction of sp³-hybridized carbons (Fsp3) is 0.500. The Morgan fingerprint density at radius 2 is 2.21 bits per heavy atom. The molecule has 1 N–H and O–H groups in total. The third kappa shape index (κ3) is 3.38. The predicted molar refractivity (Wildman–Crippen MR) is 75.2 cm³/mol. The molecule has 5 heteroatoms. The van der Waals surface area contributed by atoms with Crippen LogP contribution in [0.25, 0.3) is 5.69 Å². The van der Waals surface area contributed by atoms with Crippen LogP contribution in [-0.2, 0) is 6.54 Å². The van der Waals surface area contributed by atoms with Gasteiger partial charge >= 0.3 is 0 Å². The molecular formula is C14H21N5. The van der Waals surface area contributed by atoms with Gasteiger partial charge in [-0.05, 0) is 19.0 Å². The Hall–Kier alpha value is -1.75. The molecule has 0 aliphatic rings. The fourth-order valence-corrected chi connectivity index (χ4v) is 1.82. The van der Waals surface area contributed by atoms with Crippen LogP contribution in [0.2, 0.25) is 0 Å². The third-order valence-electron chi connectivity index (χ3n) is 2.85. The Morgan fingerprint density at radius 1 is 1.37 bits per heavy atom. The molecule has 0 saturated carbocycles. The molecule has 0 radical (unpaired) electrons. The smallest absolute Gasteiger partial charge is 0.131 e. The van der Waals surface area contributed by atoms with Crippen molar-refractivity contribution in [1.82, 2.24) is 25.1 Å². The second-order valence-electron chi connectivity index (χ2n) is 4.84. The van der Waals surface area contributed by atoms with Crippen molar-refractivity contribution in [3.05, 3.63) is 36.2 Å². The van der Waals surface area contributed by atoms with Crippen LogP contribution in [0.5, 0.6) is 0 Å². The quantitative estimate of drug-likeness (QED) is 0.809. The van der Waals surface area contributed by atoms with Crippen molar-refractivity contribution < 1.29 is 0 Å². The SMILES string of the molecule is CCCNCc1nc(C(C)C)ncc1-n1cccn1. The van der Waals surface area contributed by atoms with Crippen LogP contribution in [-0.4, -0.2) is 26.3 Å². The van der Waals surface area contributed by atoms with Gasteiger partial charge in [0.15, 0.2) is 0 Å². The highest BCUT2D eigenvalue weighted by atomic mass is 15.3. The molecule has 0 aliphatic carbocycles. The number of nitrogens with one attached hydrogen (secondary N) is 1. The van der Waals surface area contributed by atoms with Crippen molar-refractivity contribution >= 4 is 0 Å². The van der Waals surface area contributed by atoms with Gasteiger partial charge in [-0.2, -0.15) is 5.10 Å². The average molecular weight is 259 g/mol. The van der Waals surface area contributed by atoms with Gasteiger partial charge in [-0.25, -0.2) is 14.6 Å². The Balaban J connectivity index is 2.30. The van der Waals surface area contributed by atoms with E-state index in [0.29, 0.717) is 5.92 Å². The summed E-state index contributed by atoms with van der Waals surface area (Å²) < 4.78 is 1.81. The molecule has 2 rings (SSSR count). The van der Waals surface area contributed by atoms with Gasteiger partial charge in [-0.3, -0.25) is 0 Å². The van der Waals surface area contributed by atoms with Gasteiger partial charge in [0.2, 0.25) is 0 Å². The molecule has 0 bridgehead atoms. The van der Waals surface area contributed by atoms with E-state index in [9.17, 15) is 0 Å². The van der Waals surface area contributed by atoms with Crippen LogP contribution in [0, 0.1) is 0 Å². The van der Waals surface area contributed by atoms with Gasteiger partial charge in [-0.15, -0.1) is 0 Å². The van der Waals surface area contributed by atoms with E-state index in [-0.39, 0.29) is 0 Å². The van der Waals surface area contributed by atoms with Gasteiger partial charge in [0, 0.05) is 24.9 Å². The lowest BCUT2D eigenvalue weighted by Crippen LogP contribution is -2.18. The number of hydrogen-bond acceptors (Lipinski definition) is 4. The van der Waals surface area contributed by atoms with E-state index < -0.39 is 0 Å². The van der Waals surface area contributed by atoms with Crippen LogP contribution >= 0.6 is 0 Å². The molecule has 102 valence electrons. The van der Waals surface area contributed by atoms with Crippen molar-refractivity contribution in [3.63, 3.8) is 0 Å². The summed E-state index contributed by atoms with van der Waals surface area (Å²) in [6.07, 6.45) is 6.65. The summed E-state index contributed by atoms with van der Waals surface area (Å²) >= 11 is 0. The molecule has 0 saturated heterocycles. The minimum absolute atomic E-state index is 0.330. The number of hydrogen-bond donors (Lipinski definition) is 1. The summed E-state index contributed by atoms with van der Waals surface area (Å²) in [6.45, 7) is 8.09. The molecule has 0 unspecified atom stereocenters. The summed E-state index contributed by atoms with van der Waals surface area (Å²) in [5.41, 5.74) is 1.94. The first-order valence-electron chi connectivity index (χ1n) is 6.79. The maximum Gasteiger partial charge on any atom is 0.131 e. The Kier molecular flexibility index (Phi) is 4.63. The average Bonchev–Trinajstić information content (AvgIpc) is 2.92. The summed E-state index contributed by atoms with van der Waals surface area (Å²) in [5.74, 6) is 1.21. The third-order valence-corrected chi connectivity index (χ3v) is 2.85. The summed E-state index contributed by atoms with van der Waals surface area (Å²) in [6, 6.07) is 1.90. The van der Waals surface area contributed by atoms with E-state index in [2.05, 4.69) is 41.2 Å². The molecule has 5 nitrogen and oxygen atoms in total. The second kappa shape index (κ2) is 6.43. The molecule has 0 atom stereocenters. The first kappa shape index (κ1) is 13.7. The summed E-state index contributed by atoms with van der Waals surface area (Å²) in [4.78, 5) is 9.09. The van der Waals surface area contributed by atoms with Crippen molar-refractivity contribution in [2.45, 2.75) is 39.7 Å². The zero-order valence-corrected chi connectivity index (χ0v) is 11.8. The summed E-state index contributed by atoms with van der Waals surface area (Å²) in [5, 5.41) is 7.65. The Morgan fingerprint density at radius 3 is 2.84 bits per heavy atom. The van der Waals surface area contributed by atoms with E-state index in [4.69, 9.17) is 0 Å². The van der Waals surface area contributed by atoms with Crippen molar-refractivity contribution in [2.75, 3.05) is 6.54 Å². The monoisotopic (exact) mass is 259 g/mol. The van der Waals surface area contributed by atoms with Crippen LogP contribution in [0.1, 0.15) is 44.6 Å². The molecule has 2 aromatic heterocycles. The minimum atomic E-state index is 0.330. The van der Waals surface area contributed by atoms with E-state index in [1.54, 1.807) is 6.20 Å². The Labute approximate surface area is 114 Å². The van der Waals surface area contributed by atoms with E-state index in [1.165, 1.54) is 0 Å². The lowest BCUT2D eigenvalue weighted by molar-refractivity contribution is 0.644. The van der Waals surface area contributed by atoms with Crippen LogP contribution in [0.15, 0.2) is 24.7 Å². The van der Waals surface area contributed by atoms with Crippen LogP contribution < -0.4 is 5.32 Å². The minimum Gasteiger partial charge on any atom is -0.311 e. The standard InChI is InChI=1S/C14H21N5/c1-4-6-15-9-12-13(19-8-5-7-17-19)10-16-14(18-12)11(2)3/h5,7-8,10-11,15H,4,6,9H2,1-3H3. The van der Waals surface area contributed by atoms with Gasteiger partial charge in [0.25, 0.3) is 0 Å². The molecular weight excluding hydrogens is 238 g/mol. The maximum absolute atomic E-state index is 4.67. The summed E-state index contributed by atoms with van der Waals surface area (Å²) in [7, 11) is 0. The molecule has 2 heterocycles. The number of rotatable bonds is 6. The maximum atomic E-state index is 4.67. The lowest BCUT2D eigenvalue weighted by atomic mass is 10.2. The highest BCUT2D eigenvalue weighted by Gasteiger charge is 2.11. The van der Waals surface area contributed by atoms with E-state index in [1.807, 2.05) is 23.1 Å². The van der Waals surface area contributed by atoms with Crippen molar-refractivity contribution in [1.29, 1.82) is 0 Å². The van der Waals surface area contributed by atoms with Crippen LogP contribution in [0.4, 0.5) is 0 Å². The number of aromatic nitrogens is 4. The van der Waals surface area contributed by atoms with Gasteiger partial charge < -0.3 is 5.32 Å². The molecule has 0 amide bonds. The topological polar surface area (TPSA) is 55.6 Å². The molecule has 0 fully saturated rings. The molecule has 2 aromatic rings. The number of nitrogens with zero attached hydrogens (tertiary/aromatic N) is 4. The van der Waals surface area contributed by atoms with E-state index in [0.717, 1.165) is 36.7 Å². The highest BCUT2D eigenvalue weighted by molar-refractivity contribution is 5.33. The van der Waals surface area contributed by atoms with Gasteiger partial charge in [-0.1, -0.05) is 20.8 Å². The predicted octanol–water partition coefficient (Wildman–Crippen LogP) is 2.29. The molecule has 0 aromatic carbocycles. The normalized spacial score (nSPS) is 11.2. The van der Waals surface area contributed by atoms with Gasteiger partial charge in [0.05, 0.1) is 11.9 Å². The molecule has 19 heavy (non-hydrogen) atoms. The highest BCUT2D eigenvalue weighted by Crippen LogP contribution is 2.15. The zero-order valence-electron chi connectivity index (χ0n) is 11.8. The lowest BCUT2D eigenvalue weighted by Gasteiger charge is -2.12. The fourth-order valence-electron chi connectivity index (χ4n) is 1.82. The van der Waals surface area contributed by atoms with Gasteiger partial charge in [0.1, 0.15) is 11.5 Å². The first-order chi connectivity index (χ1) is 9.22. The largest absolute Gasteiger partial charge is 0.311 e. The van der Waals surface area contributed by atoms with Crippen molar-refractivity contribution in [3.8, 4) is 5.69 Å². The molecule has 0 spiro atoms.